The monoisotopic (exact) mass is 1020 g/mol. The molecule has 4 aliphatic rings. The zero-order valence-corrected chi connectivity index (χ0v) is 44.3. The third-order valence-corrected chi connectivity index (χ3v) is 15.6. The fraction of sp³-hybridized carbons (Fsp3) is 0.636. The Morgan fingerprint density at radius 2 is 1.09 bits per heavy atom. The topological polar surface area (TPSA) is 233 Å². The van der Waals surface area contributed by atoms with E-state index >= 15 is 0 Å². The number of piperidine rings is 2. The summed E-state index contributed by atoms with van der Waals surface area (Å²) in [7, 11) is 0. The van der Waals surface area contributed by atoms with Crippen LogP contribution >= 0.6 is 0 Å². The third kappa shape index (κ3) is 16.0. The van der Waals surface area contributed by atoms with Crippen LogP contribution in [0.1, 0.15) is 126 Å². The van der Waals surface area contributed by atoms with Crippen molar-refractivity contribution in [3.05, 3.63) is 71.8 Å². The van der Waals surface area contributed by atoms with E-state index in [1.165, 1.54) is 63.4 Å². The highest BCUT2D eigenvalue weighted by Crippen LogP contribution is 2.36. The molecular weight excluding hydrogens is 941 g/mol. The van der Waals surface area contributed by atoms with Gasteiger partial charge in [-0.05, 0) is 165 Å². The van der Waals surface area contributed by atoms with Crippen molar-refractivity contribution in [1.82, 2.24) is 81.8 Å². The van der Waals surface area contributed by atoms with Crippen molar-refractivity contribution in [3.63, 3.8) is 0 Å². The number of aromatic nitrogens is 10. The Hall–Kier alpha value is -5.64. The number of fused-ring (bicyclic) bond motifs is 2. The van der Waals surface area contributed by atoms with E-state index in [2.05, 4.69) is 98.1 Å². The molecule has 0 bridgehead atoms. The molecule has 6 heterocycles. The van der Waals surface area contributed by atoms with E-state index in [1.807, 2.05) is 40.0 Å². The van der Waals surface area contributed by atoms with E-state index in [-0.39, 0.29) is 0 Å². The van der Waals surface area contributed by atoms with Gasteiger partial charge in [0.15, 0.2) is 0 Å². The maximum atomic E-state index is 5.11. The standard InChI is InChI=1S/C55H84N20/c1-2-11-42(12-3-1)60-25-7-22-56-23-8-32-74-39-47(71-72-74)37-63-55-67-51-35-41(16-17-49(51)53(69-55)65-44-20-28-59-29-21-44)40-10-6-13-45(34-40)61-31-30-57-24-9-33-75-38-46(70-73-75)36-62-54-66-50-15-5-4-14-48(50)52(68-54)64-43-18-26-58-27-19-43/h4-5,14-17,35,38-40,42-45,56-61H,1-3,6-13,18-34,36-37H2,(H2,62,64,66,68)(H2,63,65,67,69). The van der Waals surface area contributed by atoms with Crippen LogP contribution in [0.5, 0.6) is 0 Å². The van der Waals surface area contributed by atoms with Gasteiger partial charge in [0.2, 0.25) is 11.9 Å². The zero-order chi connectivity index (χ0) is 50.7. The number of anilines is 4. The highest BCUT2D eigenvalue weighted by molar-refractivity contribution is 5.91. The number of aryl methyl sites for hydroxylation is 2. The molecule has 10 N–H and O–H groups in total. The van der Waals surface area contributed by atoms with E-state index < -0.39 is 0 Å². The summed E-state index contributed by atoms with van der Waals surface area (Å²) in [5, 5.41) is 56.0. The van der Waals surface area contributed by atoms with Crippen LogP contribution in [0.25, 0.3) is 21.8 Å². The summed E-state index contributed by atoms with van der Waals surface area (Å²) in [4.78, 5) is 19.8. The molecule has 0 spiro atoms. The second-order valence-electron chi connectivity index (χ2n) is 21.4. The van der Waals surface area contributed by atoms with E-state index in [0.29, 0.717) is 49.0 Å². The molecule has 20 nitrogen and oxygen atoms in total. The SMILES string of the molecule is c1ccc2c(NC3CCNCC3)nc(NCc3cn(CCCNCCNC4CCCC(c5ccc6c(NC7CCNCC7)nc(NCc7cn(CCCNCCCNC8CCCCC8)nn7)nc6c5)C4)nn3)nc2c1. The molecule has 20 heteroatoms. The summed E-state index contributed by atoms with van der Waals surface area (Å²) in [5.74, 6) is 3.47. The maximum Gasteiger partial charge on any atom is 0.225 e. The summed E-state index contributed by atoms with van der Waals surface area (Å²) in [5.41, 5.74) is 5.00. The summed E-state index contributed by atoms with van der Waals surface area (Å²) in [6, 6.07) is 17.1. The molecule has 2 saturated carbocycles. The lowest BCUT2D eigenvalue weighted by atomic mass is 9.81. The van der Waals surface area contributed by atoms with Crippen LogP contribution in [-0.2, 0) is 26.2 Å². The summed E-state index contributed by atoms with van der Waals surface area (Å²) in [6.45, 7) is 12.6. The molecule has 2 aliphatic carbocycles. The van der Waals surface area contributed by atoms with Gasteiger partial charge in [-0.15, -0.1) is 10.2 Å². The van der Waals surface area contributed by atoms with Crippen LogP contribution in [0.3, 0.4) is 0 Å². The van der Waals surface area contributed by atoms with Gasteiger partial charge in [0.1, 0.15) is 23.0 Å². The van der Waals surface area contributed by atoms with Gasteiger partial charge in [0, 0.05) is 61.1 Å². The van der Waals surface area contributed by atoms with Crippen molar-refractivity contribution in [2.45, 2.75) is 159 Å². The van der Waals surface area contributed by atoms with Gasteiger partial charge in [-0.25, -0.2) is 9.97 Å². The second kappa shape index (κ2) is 27.9. The van der Waals surface area contributed by atoms with Crippen LogP contribution < -0.4 is 53.2 Å². The number of nitrogens with one attached hydrogen (secondary N) is 10. The molecule has 4 aromatic heterocycles. The average Bonchev–Trinajstić information content (AvgIpc) is 4.13. The van der Waals surface area contributed by atoms with Gasteiger partial charge in [-0.3, -0.25) is 9.36 Å². The molecule has 0 radical (unpaired) electrons. The minimum Gasteiger partial charge on any atom is -0.367 e. The Morgan fingerprint density at radius 3 is 1.77 bits per heavy atom. The first-order valence-electron chi connectivity index (χ1n) is 28.8. The van der Waals surface area contributed by atoms with Gasteiger partial charge in [-0.1, -0.05) is 54.3 Å². The molecule has 404 valence electrons. The number of hydrogen-bond donors (Lipinski definition) is 10. The van der Waals surface area contributed by atoms with Crippen molar-refractivity contribution >= 4 is 45.3 Å². The quantitative estimate of drug-likeness (QED) is 0.0258. The van der Waals surface area contributed by atoms with Crippen LogP contribution in [0, 0.1) is 0 Å². The zero-order valence-electron chi connectivity index (χ0n) is 44.3. The Balaban J connectivity index is 0.646. The van der Waals surface area contributed by atoms with Gasteiger partial charge >= 0.3 is 0 Å². The van der Waals surface area contributed by atoms with E-state index in [4.69, 9.17) is 19.9 Å². The van der Waals surface area contributed by atoms with Gasteiger partial charge in [0.25, 0.3) is 0 Å². The molecule has 0 amide bonds. The van der Waals surface area contributed by atoms with Gasteiger partial charge < -0.3 is 53.2 Å². The molecule has 2 unspecified atom stereocenters. The van der Waals surface area contributed by atoms with Crippen molar-refractivity contribution < 1.29 is 0 Å². The van der Waals surface area contributed by atoms with Crippen molar-refractivity contribution in [3.8, 4) is 0 Å². The second-order valence-corrected chi connectivity index (χ2v) is 21.4. The largest absolute Gasteiger partial charge is 0.367 e. The van der Waals surface area contributed by atoms with Crippen LogP contribution in [0.15, 0.2) is 54.9 Å². The normalized spacial score (nSPS) is 19.2. The highest BCUT2D eigenvalue weighted by atomic mass is 15.4. The number of hydrogen-bond acceptors (Lipinski definition) is 18. The first-order valence-corrected chi connectivity index (χ1v) is 28.8. The lowest BCUT2D eigenvalue weighted by Gasteiger charge is -2.30. The Morgan fingerprint density at radius 1 is 0.507 bits per heavy atom. The smallest absolute Gasteiger partial charge is 0.225 e. The van der Waals surface area contributed by atoms with E-state index in [0.717, 1.165) is 174 Å². The lowest BCUT2D eigenvalue weighted by molar-refractivity contribution is 0.339. The maximum absolute atomic E-state index is 5.11. The molecule has 2 aromatic carbocycles. The number of benzene rings is 2. The fourth-order valence-electron chi connectivity index (χ4n) is 11.4. The first kappa shape index (κ1) is 52.8. The summed E-state index contributed by atoms with van der Waals surface area (Å²) < 4.78 is 3.88. The molecule has 2 atom stereocenters. The summed E-state index contributed by atoms with van der Waals surface area (Å²) >= 11 is 0. The molecule has 10 rings (SSSR count). The van der Waals surface area contributed by atoms with Gasteiger partial charge in [-0.2, -0.15) is 9.97 Å². The predicted octanol–water partition coefficient (Wildman–Crippen LogP) is 5.90. The highest BCUT2D eigenvalue weighted by Gasteiger charge is 2.25. The summed E-state index contributed by atoms with van der Waals surface area (Å²) in [6.07, 6.45) is 23.1. The first-order chi connectivity index (χ1) is 37.1. The average molecular weight is 1030 g/mol. The van der Waals surface area contributed by atoms with Gasteiger partial charge in [0.05, 0.1) is 36.5 Å². The molecule has 2 saturated heterocycles. The Labute approximate surface area is 443 Å². The molecule has 6 aromatic rings. The van der Waals surface area contributed by atoms with E-state index in [1.54, 1.807) is 0 Å². The molecule has 2 aliphatic heterocycles. The van der Waals surface area contributed by atoms with Crippen molar-refractivity contribution in [2.24, 2.45) is 0 Å². The molecular formula is C55H84N20. The third-order valence-electron chi connectivity index (χ3n) is 15.6. The molecule has 75 heavy (non-hydrogen) atoms. The van der Waals surface area contributed by atoms with Crippen LogP contribution in [-0.4, -0.2) is 140 Å². The van der Waals surface area contributed by atoms with Crippen LogP contribution in [0.2, 0.25) is 0 Å². The lowest BCUT2D eigenvalue weighted by Crippen LogP contribution is -2.38. The molecule has 4 fully saturated rings. The Bertz CT molecular complexity index is 2630. The number of para-hydroxylation sites is 1. The minimum absolute atomic E-state index is 0.374. The van der Waals surface area contributed by atoms with Crippen LogP contribution in [0.4, 0.5) is 23.5 Å². The number of nitrogens with zero attached hydrogens (tertiary/aromatic N) is 10. The predicted molar refractivity (Wildman–Crippen MR) is 300 cm³/mol. The fourth-order valence-corrected chi connectivity index (χ4v) is 11.4. The van der Waals surface area contributed by atoms with Crippen molar-refractivity contribution in [1.29, 1.82) is 0 Å². The van der Waals surface area contributed by atoms with Crippen molar-refractivity contribution in [2.75, 3.05) is 86.7 Å². The minimum atomic E-state index is 0.374. The van der Waals surface area contributed by atoms with E-state index in [9.17, 15) is 0 Å². The number of rotatable bonds is 28. The Kier molecular flexibility index (Phi) is 19.7.